The molecule has 2 atom stereocenters. The lowest BCUT2D eigenvalue weighted by atomic mass is 10.1. The van der Waals surface area contributed by atoms with E-state index in [0.717, 1.165) is 29.9 Å². The average molecular weight is 237 g/mol. The van der Waals surface area contributed by atoms with E-state index in [-0.39, 0.29) is 12.1 Å². The highest BCUT2D eigenvalue weighted by molar-refractivity contribution is 5.42. The van der Waals surface area contributed by atoms with Gasteiger partial charge in [-0.25, -0.2) is 0 Å². The van der Waals surface area contributed by atoms with Crippen LogP contribution in [0.3, 0.4) is 0 Å². The Morgan fingerprint density at radius 1 is 1.29 bits per heavy atom. The lowest BCUT2D eigenvalue weighted by Crippen LogP contribution is -2.15. The molecule has 3 nitrogen and oxygen atoms in total. The van der Waals surface area contributed by atoms with Crippen molar-refractivity contribution in [2.75, 3.05) is 7.11 Å². The second-order valence-electron chi connectivity index (χ2n) is 4.41. The highest BCUT2D eigenvalue weighted by Gasteiger charge is 2.12. The summed E-state index contributed by atoms with van der Waals surface area (Å²) in [6.07, 6.45) is 2.35. The van der Waals surface area contributed by atoms with Gasteiger partial charge >= 0.3 is 0 Å². The Labute approximate surface area is 104 Å². The fraction of sp³-hybridized carbons (Fsp3) is 0.571. The van der Waals surface area contributed by atoms with E-state index in [1.165, 1.54) is 0 Å². The molecular weight excluding hydrogens is 214 g/mol. The van der Waals surface area contributed by atoms with Gasteiger partial charge in [0.15, 0.2) is 0 Å². The minimum atomic E-state index is -0.0373. The van der Waals surface area contributed by atoms with E-state index in [0.29, 0.717) is 0 Å². The molecule has 0 bridgehead atoms. The summed E-state index contributed by atoms with van der Waals surface area (Å²) in [5.41, 5.74) is 6.96. The van der Waals surface area contributed by atoms with E-state index in [4.69, 9.17) is 15.2 Å². The SMILES string of the molecule is CCCC(C)Oc1cc(OC)ccc1[C@H](C)N. The van der Waals surface area contributed by atoms with Crippen molar-refractivity contribution in [3.63, 3.8) is 0 Å². The second kappa shape index (κ2) is 6.50. The Morgan fingerprint density at radius 2 is 2.00 bits per heavy atom. The first kappa shape index (κ1) is 13.8. The topological polar surface area (TPSA) is 44.5 Å². The number of nitrogens with two attached hydrogens (primary N) is 1. The van der Waals surface area contributed by atoms with Crippen molar-refractivity contribution in [3.8, 4) is 11.5 Å². The molecule has 96 valence electrons. The lowest BCUT2D eigenvalue weighted by Gasteiger charge is -2.19. The Hall–Kier alpha value is -1.22. The molecule has 1 unspecified atom stereocenters. The highest BCUT2D eigenvalue weighted by atomic mass is 16.5. The number of rotatable bonds is 6. The van der Waals surface area contributed by atoms with E-state index in [1.54, 1.807) is 7.11 Å². The molecule has 0 saturated heterocycles. The first-order chi connectivity index (χ1) is 8.08. The summed E-state index contributed by atoms with van der Waals surface area (Å²) in [4.78, 5) is 0. The van der Waals surface area contributed by atoms with Crippen LogP contribution >= 0.6 is 0 Å². The van der Waals surface area contributed by atoms with Gasteiger partial charge in [-0.05, 0) is 26.3 Å². The van der Waals surface area contributed by atoms with E-state index in [2.05, 4.69) is 13.8 Å². The minimum Gasteiger partial charge on any atom is -0.497 e. The van der Waals surface area contributed by atoms with Crippen molar-refractivity contribution < 1.29 is 9.47 Å². The van der Waals surface area contributed by atoms with Crippen molar-refractivity contribution in [1.29, 1.82) is 0 Å². The largest absolute Gasteiger partial charge is 0.497 e. The molecule has 1 aromatic carbocycles. The normalized spacial score (nSPS) is 14.2. The molecule has 0 heterocycles. The van der Waals surface area contributed by atoms with Gasteiger partial charge in [0, 0.05) is 17.7 Å². The van der Waals surface area contributed by atoms with Gasteiger partial charge in [0.05, 0.1) is 13.2 Å². The molecule has 0 aliphatic rings. The van der Waals surface area contributed by atoms with Crippen molar-refractivity contribution in [3.05, 3.63) is 23.8 Å². The third kappa shape index (κ3) is 3.93. The summed E-state index contributed by atoms with van der Waals surface area (Å²) in [6.45, 7) is 6.19. The Balaban J connectivity index is 2.92. The Bertz CT molecular complexity index is 350. The zero-order valence-corrected chi connectivity index (χ0v) is 11.2. The zero-order chi connectivity index (χ0) is 12.8. The van der Waals surface area contributed by atoms with Gasteiger partial charge in [-0.1, -0.05) is 19.4 Å². The van der Waals surface area contributed by atoms with E-state index >= 15 is 0 Å². The predicted octanol–water partition coefficient (Wildman–Crippen LogP) is 3.28. The molecule has 1 rings (SSSR count). The number of hydrogen-bond acceptors (Lipinski definition) is 3. The van der Waals surface area contributed by atoms with E-state index in [1.807, 2.05) is 25.1 Å². The number of methoxy groups -OCH3 is 1. The number of ether oxygens (including phenoxy) is 2. The van der Waals surface area contributed by atoms with Crippen LogP contribution in [-0.4, -0.2) is 13.2 Å². The molecule has 0 fully saturated rings. The monoisotopic (exact) mass is 237 g/mol. The summed E-state index contributed by atoms with van der Waals surface area (Å²) < 4.78 is 11.1. The summed E-state index contributed by atoms with van der Waals surface area (Å²) >= 11 is 0. The molecular formula is C14H23NO2. The highest BCUT2D eigenvalue weighted by Crippen LogP contribution is 2.29. The second-order valence-corrected chi connectivity index (χ2v) is 4.41. The third-order valence-electron chi connectivity index (χ3n) is 2.73. The van der Waals surface area contributed by atoms with Crippen LogP contribution in [-0.2, 0) is 0 Å². The molecule has 0 saturated carbocycles. The first-order valence-corrected chi connectivity index (χ1v) is 6.18. The van der Waals surface area contributed by atoms with Gasteiger partial charge in [0.1, 0.15) is 11.5 Å². The van der Waals surface area contributed by atoms with Crippen LogP contribution in [0.1, 0.15) is 45.2 Å². The molecule has 1 aromatic rings. The summed E-state index contributed by atoms with van der Waals surface area (Å²) in [5, 5.41) is 0. The number of benzene rings is 1. The fourth-order valence-corrected chi connectivity index (χ4v) is 1.80. The van der Waals surface area contributed by atoms with Crippen molar-refractivity contribution in [1.82, 2.24) is 0 Å². The lowest BCUT2D eigenvalue weighted by molar-refractivity contribution is 0.206. The molecule has 0 aliphatic carbocycles. The maximum atomic E-state index is 5.93. The molecule has 0 aliphatic heterocycles. The van der Waals surface area contributed by atoms with Gasteiger partial charge in [-0.15, -0.1) is 0 Å². The molecule has 17 heavy (non-hydrogen) atoms. The predicted molar refractivity (Wildman–Crippen MR) is 70.6 cm³/mol. The maximum absolute atomic E-state index is 5.93. The zero-order valence-electron chi connectivity index (χ0n) is 11.2. The van der Waals surface area contributed by atoms with Crippen LogP contribution in [0.4, 0.5) is 0 Å². The van der Waals surface area contributed by atoms with Gasteiger partial charge in [-0.3, -0.25) is 0 Å². The summed E-state index contributed by atoms with van der Waals surface area (Å²) in [5.74, 6) is 1.63. The maximum Gasteiger partial charge on any atom is 0.128 e. The van der Waals surface area contributed by atoms with Crippen molar-refractivity contribution in [2.24, 2.45) is 5.73 Å². The molecule has 0 aromatic heterocycles. The summed E-state index contributed by atoms with van der Waals surface area (Å²) in [6, 6.07) is 5.75. The molecule has 2 N–H and O–H groups in total. The van der Waals surface area contributed by atoms with Crippen LogP contribution in [0.5, 0.6) is 11.5 Å². The molecule has 3 heteroatoms. The molecule has 0 amide bonds. The van der Waals surface area contributed by atoms with Crippen LogP contribution in [0.25, 0.3) is 0 Å². The average Bonchev–Trinajstić information content (AvgIpc) is 2.28. The van der Waals surface area contributed by atoms with Crippen LogP contribution in [0.15, 0.2) is 18.2 Å². The van der Waals surface area contributed by atoms with E-state index in [9.17, 15) is 0 Å². The Morgan fingerprint density at radius 3 is 2.53 bits per heavy atom. The summed E-state index contributed by atoms with van der Waals surface area (Å²) in [7, 11) is 1.65. The molecule has 0 radical (unpaired) electrons. The molecule has 0 spiro atoms. The minimum absolute atomic E-state index is 0.0373. The van der Waals surface area contributed by atoms with Crippen molar-refractivity contribution >= 4 is 0 Å². The van der Waals surface area contributed by atoms with Crippen molar-refractivity contribution in [2.45, 2.75) is 45.8 Å². The van der Waals surface area contributed by atoms with Gasteiger partial charge in [0.2, 0.25) is 0 Å². The fourth-order valence-electron chi connectivity index (χ4n) is 1.80. The third-order valence-corrected chi connectivity index (χ3v) is 2.73. The number of hydrogen-bond donors (Lipinski definition) is 1. The van der Waals surface area contributed by atoms with Gasteiger partial charge in [-0.2, -0.15) is 0 Å². The van der Waals surface area contributed by atoms with Crippen LogP contribution < -0.4 is 15.2 Å². The van der Waals surface area contributed by atoms with Crippen LogP contribution in [0, 0.1) is 0 Å². The smallest absolute Gasteiger partial charge is 0.128 e. The van der Waals surface area contributed by atoms with Crippen LogP contribution in [0.2, 0.25) is 0 Å². The first-order valence-electron chi connectivity index (χ1n) is 6.18. The standard InChI is InChI=1S/C14H23NO2/c1-5-6-10(2)17-14-9-12(16-4)7-8-13(14)11(3)15/h7-11H,5-6,15H2,1-4H3/t10?,11-/m0/s1. The van der Waals surface area contributed by atoms with Gasteiger partial charge < -0.3 is 15.2 Å². The quantitative estimate of drug-likeness (QED) is 0.825. The van der Waals surface area contributed by atoms with Gasteiger partial charge in [0.25, 0.3) is 0 Å². The van der Waals surface area contributed by atoms with E-state index < -0.39 is 0 Å². The Kier molecular flexibility index (Phi) is 5.29.